The molecule has 0 aliphatic heterocycles. The van der Waals surface area contributed by atoms with Crippen molar-refractivity contribution in [2.45, 2.75) is 19.8 Å². The average Bonchev–Trinajstić information content (AvgIpc) is 2.38. The lowest BCUT2D eigenvalue weighted by atomic mass is 10.2. The van der Waals surface area contributed by atoms with E-state index < -0.39 is 23.9 Å². The quantitative estimate of drug-likeness (QED) is 0.521. The zero-order valence-corrected chi connectivity index (χ0v) is 11.9. The summed E-state index contributed by atoms with van der Waals surface area (Å²) in [6.07, 6.45) is -0.620. The molecule has 0 aromatic carbocycles. The van der Waals surface area contributed by atoms with E-state index in [1.807, 2.05) is 0 Å². The molecular formula is C13H18O8. The Morgan fingerprint density at radius 3 is 1.86 bits per heavy atom. The minimum atomic E-state index is -1.18. The van der Waals surface area contributed by atoms with Crippen LogP contribution in [0, 0.1) is 0 Å². The van der Waals surface area contributed by atoms with Gasteiger partial charge in [-0.1, -0.05) is 13.2 Å². The molecule has 0 atom stereocenters. The van der Waals surface area contributed by atoms with Crippen LogP contribution in [0.25, 0.3) is 0 Å². The van der Waals surface area contributed by atoms with Crippen LogP contribution in [0.1, 0.15) is 19.8 Å². The fraction of sp³-hybridized carbons (Fsp3) is 0.385. The maximum absolute atomic E-state index is 10.7. The molecule has 0 aromatic rings. The number of carboxylic acids is 2. The number of rotatable bonds is 7. The summed E-state index contributed by atoms with van der Waals surface area (Å²) in [5, 5.41) is 16.5. The highest BCUT2D eigenvalue weighted by atomic mass is 16.5. The standard InChI is InChI=1S/C7H10O4.C6H8O4/c1-3-11-7(10)5(2)4-6(8)9;1-4(6(8)9)3-5(7)10-2/h2-4H2,1H3,(H,8,9);1,3H2,2H3,(H,8,9). The zero-order valence-electron chi connectivity index (χ0n) is 11.9. The average molecular weight is 302 g/mol. The van der Waals surface area contributed by atoms with Crippen molar-refractivity contribution >= 4 is 23.9 Å². The Kier molecular flexibility index (Phi) is 11.0. The fourth-order valence-corrected chi connectivity index (χ4v) is 0.810. The second-order valence-electron chi connectivity index (χ2n) is 3.56. The van der Waals surface area contributed by atoms with E-state index in [4.69, 9.17) is 10.2 Å². The molecule has 0 rings (SSSR count). The molecule has 0 heterocycles. The third kappa shape index (κ3) is 12.2. The van der Waals surface area contributed by atoms with Gasteiger partial charge in [0.2, 0.25) is 0 Å². The first-order valence-corrected chi connectivity index (χ1v) is 5.70. The summed E-state index contributed by atoms with van der Waals surface area (Å²) >= 11 is 0. The van der Waals surface area contributed by atoms with Crippen molar-refractivity contribution in [1.82, 2.24) is 0 Å². The van der Waals surface area contributed by atoms with E-state index in [1.54, 1.807) is 6.92 Å². The zero-order chi connectivity index (χ0) is 17.0. The van der Waals surface area contributed by atoms with E-state index >= 15 is 0 Å². The normalized spacial score (nSPS) is 8.67. The lowest BCUT2D eigenvalue weighted by Gasteiger charge is -2.00. The van der Waals surface area contributed by atoms with Crippen LogP contribution >= 0.6 is 0 Å². The van der Waals surface area contributed by atoms with Crippen LogP contribution in [0.15, 0.2) is 24.3 Å². The number of aliphatic carboxylic acids is 2. The number of carboxylic acid groups (broad SMARTS) is 2. The van der Waals surface area contributed by atoms with Gasteiger partial charge in [0.05, 0.1) is 26.6 Å². The predicted octanol–water partition coefficient (Wildman–Crippen LogP) is 0.771. The van der Waals surface area contributed by atoms with Crippen LogP contribution in [0.4, 0.5) is 0 Å². The number of carbonyl (C=O) groups is 4. The van der Waals surface area contributed by atoms with E-state index in [2.05, 4.69) is 22.6 Å². The van der Waals surface area contributed by atoms with Crippen LogP contribution in [-0.2, 0) is 28.7 Å². The van der Waals surface area contributed by atoms with Gasteiger partial charge in [0.25, 0.3) is 0 Å². The van der Waals surface area contributed by atoms with Gasteiger partial charge in [0.1, 0.15) is 0 Å². The maximum Gasteiger partial charge on any atom is 0.333 e. The summed E-state index contributed by atoms with van der Waals surface area (Å²) in [5.41, 5.74) is -0.189. The Bertz CT molecular complexity index is 435. The number of carbonyl (C=O) groups excluding carboxylic acids is 2. The van der Waals surface area contributed by atoms with Gasteiger partial charge in [0.15, 0.2) is 0 Å². The predicted molar refractivity (Wildman–Crippen MR) is 71.4 cm³/mol. The summed E-state index contributed by atoms with van der Waals surface area (Å²) < 4.78 is 8.71. The molecule has 0 aliphatic carbocycles. The van der Waals surface area contributed by atoms with Gasteiger partial charge in [0, 0.05) is 11.1 Å². The summed E-state index contributed by atoms with van der Waals surface area (Å²) in [7, 11) is 1.19. The number of hydrogen-bond acceptors (Lipinski definition) is 6. The number of ether oxygens (including phenoxy) is 2. The van der Waals surface area contributed by atoms with Gasteiger partial charge in [-0.05, 0) is 6.92 Å². The second-order valence-corrected chi connectivity index (χ2v) is 3.56. The van der Waals surface area contributed by atoms with Gasteiger partial charge in [-0.3, -0.25) is 9.59 Å². The molecule has 0 saturated carbocycles. The van der Waals surface area contributed by atoms with Gasteiger partial charge in [-0.2, -0.15) is 0 Å². The summed E-state index contributed by atoms with van der Waals surface area (Å²) in [6.45, 7) is 8.28. The van der Waals surface area contributed by atoms with E-state index in [1.165, 1.54) is 7.11 Å². The third-order valence-electron chi connectivity index (χ3n) is 1.82. The van der Waals surface area contributed by atoms with Gasteiger partial charge in [-0.15, -0.1) is 0 Å². The molecule has 0 aliphatic rings. The minimum absolute atomic E-state index is 0.0284. The molecule has 8 nitrogen and oxygen atoms in total. The molecule has 118 valence electrons. The third-order valence-corrected chi connectivity index (χ3v) is 1.82. The molecular weight excluding hydrogens is 284 g/mol. The fourth-order valence-electron chi connectivity index (χ4n) is 0.810. The molecule has 8 heteroatoms. The van der Waals surface area contributed by atoms with Crippen LogP contribution in [0.5, 0.6) is 0 Å². The van der Waals surface area contributed by atoms with Crippen LogP contribution in [0.3, 0.4) is 0 Å². The highest BCUT2D eigenvalue weighted by molar-refractivity contribution is 5.92. The first-order valence-electron chi connectivity index (χ1n) is 5.70. The molecule has 0 unspecified atom stereocenters. The van der Waals surface area contributed by atoms with E-state index in [0.717, 1.165) is 0 Å². The van der Waals surface area contributed by atoms with Crippen molar-refractivity contribution in [2.24, 2.45) is 0 Å². The van der Waals surface area contributed by atoms with Crippen molar-refractivity contribution in [1.29, 1.82) is 0 Å². The largest absolute Gasteiger partial charge is 0.481 e. The van der Waals surface area contributed by atoms with Crippen molar-refractivity contribution in [2.75, 3.05) is 13.7 Å². The van der Waals surface area contributed by atoms with E-state index in [0.29, 0.717) is 0 Å². The van der Waals surface area contributed by atoms with Crippen molar-refractivity contribution in [3.63, 3.8) is 0 Å². The molecule has 0 bridgehead atoms. The molecule has 0 radical (unpaired) electrons. The SMILES string of the molecule is C=C(CC(=O)O)C(=O)OCC.C=C(CC(=O)OC)C(=O)O. The van der Waals surface area contributed by atoms with Crippen LogP contribution < -0.4 is 0 Å². The molecule has 0 amide bonds. The number of methoxy groups -OCH3 is 1. The minimum Gasteiger partial charge on any atom is -0.481 e. The first-order chi connectivity index (χ1) is 9.65. The molecule has 2 N–H and O–H groups in total. The Labute approximate surface area is 121 Å². The number of esters is 2. The molecule has 0 fully saturated rings. The summed E-state index contributed by atoms with van der Waals surface area (Å²) in [6, 6.07) is 0. The summed E-state index contributed by atoms with van der Waals surface area (Å²) in [5.74, 6) is -3.49. The Morgan fingerprint density at radius 2 is 1.52 bits per heavy atom. The first kappa shape index (κ1) is 20.7. The maximum atomic E-state index is 10.7. The van der Waals surface area contributed by atoms with Crippen LogP contribution in [-0.4, -0.2) is 47.8 Å². The lowest BCUT2D eigenvalue weighted by Crippen LogP contribution is -2.10. The monoisotopic (exact) mass is 302 g/mol. The molecule has 0 aromatic heterocycles. The Morgan fingerprint density at radius 1 is 1.00 bits per heavy atom. The van der Waals surface area contributed by atoms with Crippen LogP contribution in [0.2, 0.25) is 0 Å². The number of hydrogen-bond donors (Lipinski definition) is 2. The smallest absolute Gasteiger partial charge is 0.333 e. The Balaban J connectivity index is 0. The van der Waals surface area contributed by atoms with Gasteiger partial charge >= 0.3 is 23.9 Å². The van der Waals surface area contributed by atoms with E-state index in [-0.39, 0.29) is 30.6 Å². The highest BCUT2D eigenvalue weighted by Crippen LogP contribution is 2.00. The van der Waals surface area contributed by atoms with E-state index in [9.17, 15) is 19.2 Å². The molecule has 21 heavy (non-hydrogen) atoms. The topological polar surface area (TPSA) is 127 Å². The van der Waals surface area contributed by atoms with Crippen molar-refractivity contribution in [3.05, 3.63) is 24.3 Å². The second kappa shape index (κ2) is 11.2. The Hall–Kier alpha value is -2.64. The molecule has 0 saturated heterocycles. The van der Waals surface area contributed by atoms with Gasteiger partial charge < -0.3 is 19.7 Å². The van der Waals surface area contributed by atoms with Gasteiger partial charge in [-0.25, -0.2) is 9.59 Å². The highest BCUT2D eigenvalue weighted by Gasteiger charge is 2.10. The summed E-state index contributed by atoms with van der Waals surface area (Å²) in [4.78, 5) is 41.2. The lowest BCUT2D eigenvalue weighted by molar-refractivity contribution is -0.142. The molecule has 0 spiro atoms. The van der Waals surface area contributed by atoms with Crippen molar-refractivity contribution in [3.8, 4) is 0 Å². The van der Waals surface area contributed by atoms with Crippen molar-refractivity contribution < 1.29 is 38.9 Å².